The molecular formula is C14H18F2N2O2. The van der Waals surface area contributed by atoms with Gasteiger partial charge in [-0.25, -0.2) is 0 Å². The van der Waals surface area contributed by atoms with Crippen molar-refractivity contribution in [2.45, 2.75) is 38.5 Å². The van der Waals surface area contributed by atoms with E-state index in [1.165, 1.54) is 12.1 Å². The second-order valence-corrected chi connectivity index (χ2v) is 4.75. The van der Waals surface area contributed by atoms with Crippen LogP contribution in [0.1, 0.15) is 24.8 Å². The third-order valence-corrected chi connectivity index (χ3v) is 3.22. The second kappa shape index (κ2) is 7.19. The lowest BCUT2D eigenvalue weighted by Crippen LogP contribution is -2.46. The number of hydrogen-bond donors (Lipinski definition) is 2. The minimum Gasteiger partial charge on any atom is -0.435 e. The first-order valence-electron chi connectivity index (χ1n) is 6.70. The van der Waals surface area contributed by atoms with Crippen LogP contribution in [0.5, 0.6) is 5.75 Å². The number of benzene rings is 1. The smallest absolute Gasteiger partial charge is 0.387 e. The highest BCUT2D eigenvalue weighted by Crippen LogP contribution is 2.16. The van der Waals surface area contributed by atoms with Crippen molar-refractivity contribution in [3.05, 3.63) is 29.8 Å². The Morgan fingerprint density at radius 2 is 2.30 bits per heavy atom. The van der Waals surface area contributed by atoms with E-state index in [-0.39, 0.29) is 17.7 Å². The fourth-order valence-corrected chi connectivity index (χ4v) is 2.22. The summed E-state index contributed by atoms with van der Waals surface area (Å²) in [6.07, 6.45) is 2.97. The Labute approximate surface area is 116 Å². The summed E-state index contributed by atoms with van der Waals surface area (Å²) < 4.78 is 28.5. The average Bonchev–Trinajstić information content (AvgIpc) is 2.45. The molecule has 110 valence electrons. The Hall–Kier alpha value is -1.69. The van der Waals surface area contributed by atoms with Gasteiger partial charge in [-0.15, -0.1) is 0 Å². The minimum absolute atomic E-state index is 0.0510. The Morgan fingerprint density at radius 1 is 1.45 bits per heavy atom. The van der Waals surface area contributed by atoms with Gasteiger partial charge in [-0.3, -0.25) is 4.79 Å². The van der Waals surface area contributed by atoms with Gasteiger partial charge in [0.2, 0.25) is 5.91 Å². The summed E-state index contributed by atoms with van der Waals surface area (Å²) in [5.41, 5.74) is 0.729. The van der Waals surface area contributed by atoms with Gasteiger partial charge in [0, 0.05) is 6.54 Å². The van der Waals surface area contributed by atoms with E-state index in [1.54, 1.807) is 12.1 Å². The molecule has 4 nitrogen and oxygen atoms in total. The van der Waals surface area contributed by atoms with Crippen LogP contribution in [0.4, 0.5) is 8.78 Å². The van der Waals surface area contributed by atoms with E-state index in [1.807, 2.05) is 0 Å². The van der Waals surface area contributed by atoms with E-state index in [4.69, 9.17) is 0 Å². The first-order chi connectivity index (χ1) is 9.65. The van der Waals surface area contributed by atoms with E-state index >= 15 is 0 Å². The second-order valence-electron chi connectivity index (χ2n) is 4.75. The van der Waals surface area contributed by atoms with Gasteiger partial charge in [-0.05, 0) is 37.1 Å². The number of carbonyl (C=O) groups is 1. The Balaban J connectivity index is 1.85. The van der Waals surface area contributed by atoms with E-state index in [0.29, 0.717) is 6.54 Å². The van der Waals surface area contributed by atoms with Crippen LogP contribution in [0.25, 0.3) is 0 Å². The molecule has 20 heavy (non-hydrogen) atoms. The number of hydrogen-bond acceptors (Lipinski definition) is 3. The fraction of sp³-hybridized carbons (Fsp3) is 0.500. The predicted octanol–water partition coefficient (Wildman–Crippen LogP) is 2.05. The lowest BCUT2D eigenvalue weighted by molar-refractivity contribution is -0.123. The molecule has 1 aromatic carbocycles. The van der Waals surface area contributed by atoms with Crippen molar-refractivity contribution >= 4 is 5.91 Å². The molecule has 2 rings (SSSR count). The maximum absolute atomic E-state index is 12.1. The van der Waals surface area contributed by atoms with Gasteiger partial charge in [0.05, 0.1) is 6.04 Å². The molecule has 1 aliphatic heterocycles. The molecule has 0 spiro atoms. The van der Waals surface area contributed by atoms with Crippen molar-refractivity contribution in [3.8, 4) is 5.75 Å². The van der Waals surface area contributed by atoms with Gasteiger partial charge < -0.3 is 15.4 Å². The predicted molar refractivity (Wildman–Crippen MR) is 70.6 cm³/mol. The van der Waals surface area contributed by atoms with E-state index in [0.717, 1.165) is 31.4 Å². The zero-order valence-electron chi connectivity index (χ0n) is 11.1. The average molecular weight is 284 g/mol. The Bertz CT molecular complexity index is 449. The number of nitrogens with one attached hydrogen (secondary N) is 2. The topological polar surface area (TPSA) is 50.4 Å². The molecule has 1 aliphatic rings. The van der Waals surface area contributed by atoms with Gasteiger partial charge in [0.1, 0.15) is 5.75 Å². The molecule has 0 saturated carbocycles. The van der Waals surface area contributed by atoms with E-state index in [2.05, 4.69) is 15.4 Å². The van der Waals surface area contributed by atoms with Crippen molar-refractivity contribution in [2.75, 3.05) is 6.54 Å². The van der Waals surface area contributed by atoms with Crippen LogP contribution < -0.4 is 15.4 Å². The van der Waals surface area contributed by atoms with Gasteiger partial charge in [0.25, 0.3) is 0 Å². The van der Waals surface area contributed by atoms with Crippen LogP contribution in [0, 0.1) is 0 Å². The molecular weight excluding hydrogens is 266 g/mol. The van der Waals surface area contributed by atoms with Crippen LogP contribution in [0.2, 0.25) is 0 Å². The number of carbonyl (C=O) groups excluding carboxylic acids is 1. The largest absolute Gasteiger partial charge is 0.435 e. The molecule has 1 fully saturated rings. The van der Waals surface area contributed by atoms with Crippen molar-refractivity contribution in [1.82, 2.24) is 10.6 Å². The summed E-state index contributed by atoms with van der Waals surface area (Å²) in [4.78, 5) is 11.9. The SMILES string of the molecule is O=C(NCc1cccc(OC(F)F)c1)C1CCCCN1. The van der Waals surface area contributed by atoms with Crippen molar-refractivity contribution in [2.24, 2.45) is 0 Å². The van der Waals surface area contributed by atoms with Crippen molar-refractivity contribution < 1.29 is 18.3 Å². The summed E-state index contributed by atoms with van der Waals surface area (Å²) >= 11 is 0. The van der Waals surface area contributed by atoms with Gasteiger partial charge >= 0.3 is 6.61 Å². The zero-order chi connectivity index (χ0) is 14.4. The van der Waals surface area contributed by atoms with Crippen LogP contribution in [0.3, 0.4) is 0 Å². The standard InChI is InChI=1S/C14H18F2N2O2/c15-14(16)20-11-5-3-4-10(8-11)9-18-13(19)12-6-1-2-7-17-12/h3-5,8,12,14,17H,1-2,6-7,9H2,(H,18,19). The lowest BCUT2D eigenvalue weighted by Gasteiger charge is -2.22. The Kier molecular flexibility index (Phi) is 5.29. The maximum atomic E-state index is 12.1. The molecule has 1 heterocycles. The molecule has 6 heteroatoms. The van der Waals surface area contributed by atoms with Gasteiger partial charge in [-0.2, -0.15) is 8.78 Å². The summed E-state index contributed by atoms with van der Waals surface area (Å²) in [5.74, 6) is 0.0485. The van der Waals surface area contributed by atoms with Crippen LogP contribution >= 0.6 is 0 Å². The van der Waals surface area contributed by atoms with E-state index < -0.39 is 6.61 Å². The molecule has 1 amide bonds. The first kappa shape index (κ1) is 14.7. The number of piperidine rings is 1. The third-order valence-electron chi connectivity index (χ3n) is 3.22. The fourth-order valence-electron chi connectivity index (χ4n) is 2.22. The maximum Gasteiger partial charge on any atom is 0.387 e. The van der Waals surface area contributed by atoms with Crippen LogP contribution in [-0.4, -0.2) is 25.1 Å². The van der Waals surface area contributed by atoms with Gasteiger partial charge in [-0.1, -0.05) is 18.6 Å². The minimum atomic E-state index is -2.84. The van der Waals surface area contributed by atoms with Crippen molar-refractivity contribution in [1.29, 1.82) is 0 Å². The zero-order valence-corrected chi connectivity index (χ0v) is 11.1. The van der Waals surface area contributed by atoms with E-state index in [9.17, 15) is 13.6 Å². The Morgan fingerprint density at radius 3 is 3.00 bits per heavy atom. The summed E-state index contributed by atoms with van der Waals surface area (Å²) in [5, 5.41) is 5.96. The van der Waals surface area contributed by atoms with Crippen molar-refractivity contribution in [3.63, 3.8) is 0 Å². The molecule has 1 unspecified atom stereocenters. The lowest BCUT2D eigenvalue weighted by atomic mass is 10.0. The molecule has 1 saturated heterocycles. The molecule has 0 bridgehead atoms. The molecule has 1 aromatic rings. The summed E-state index contributed by atoms with van der Waals surface area (Å²) in [7, 11) is 0. The number of amides is 1. The highest BCUT2D eigenvalue weighted by molar-refractivity contribution is 5.81. The monoisotopic (exact) mass is 284 g/mol. The molecule has 0 aromatic heterocycles. The number of alkyl halides is 2. The summed E-state index contributed by atoms with van der Waals surface area (Å²) in [6.45, 7) is -1.68. The first-order valence-corrected chi connectivity index (χ1v) is 6.70. The number of rotatable bonds is 5. The van der Waals surface area contributed by atoms with Crippen LogP contribution in [0.15, 0.2) is 24.3 Å². The molecule has 0 radical (unpaired) electrons. The highest BCUT2D eigenvalue weighted by Gasteiger charge is 2.19. The normalized spacial score (nSPS) is 18.9. The quantitative estimate of drug-likeness (QED) is 0.870. The number of ether oxygens (including phenoxy) is 1. The molecule has 0 aliphatic carbocycles. The third kappa shape index (κ3) is 4.45. The molecule has 1 atom stereocenters. The van der Waals surface area contributed by atoms with Gasteiger partial charge in [0.15, 0.2) is 0 Å². The summed E-state index contributed by atoms with van der Waals surface area (Å²) in [6, 6.07) is 6.19. The highest BCUT2D eigenvalue weighted by atomic mass is 19.3. The van der Waals surface area contributed by atoms with Crippen LogP contribution in [-0.2, 0) is 11.3 Å². The number of halogens is 2. The molecule has 2 N–H and O–H groups in total.